The van der Waals surface area contributed by atoms with Crippen LogP contribution in [0.15, 0.2) is 0 Å². The van der Waals surface area contributed by atoms with E-state index in [9.17, 15) is 5.11 Å². The van der Waals surface area contributed by atoms with Crippen molar-refractivity contribution < 1.29 is 5.11 Å². The van der Waals surface area contributed by atoms with Crippen molar-refractivity contribution >= 4 is 0 Å². The molecule has 15 heavy (non-hydrogen) atoms. The van der Waals surface area contributed by atoms with E-state index in [1.807, 2.05) is 0 Å². The molecule has 4 nitrogen and oxygen atoms in total. The Kier molecular flexibility index (Phi) is 6.36. The average molecular weight is 217 g/mol. The highest BCUT2D eigenvalue weighted by Crippen LogP contribution is 2.08. The van der Waals surface area contributed by atoms with Gasteiger partial charge in [0.1, 0.15) is 0 Å². The third-order valence-electron chi connectivity index (χ3n) is 2.64. The van der Waals surface area contributed by atoms with Gasteiger partial charge in [0.05, 0.1) is 5.60 Å². The number of aliphatic hydroxyl groups is 1. The zero-order valence-corrected chi connectivity index (χ0v) is 10.8. The minimum absolute atomic E-state index is 0.304. The fourth-order valence-electron chi connectivity index (χ4n) is 1.73. The van der Waals surface area contributed by atoms with E-state index in [1.165, 1.54) is 0 Å². The van der Waals surface area contributed by atoms with Crippen LogP contribution in [-0.4, -0.2) is 66.8 Å². The summed E-state index contributed by atoms with van der Waals surface area (Å²) >= 11 is 0. The summed E-state index contributed by atoms with van der Waals surface area (Å²) < 4.78 is 0. The Labute approximate surface area is 94.0 Å². The molecule has 0 saturated carbocycles. The van der Waals surface area contributed by atoms with Crippen LogP contribution in [0.5, 0.6) is 0 Å². The molecular weight excluding hydrogens is 190 g/mol. The fraction of sp³-hybridized carbons (Fsp3) is 1.00. The average Bonchev–Trinajstić information content (AvgIpc) is 2.13. The van der Waals surface area contributed by atoms with Gasteiger partial charge in [-0.1, -0.05) is 6.92 Å². The first-order valence-corrected chi connectivity index (χ1v) is 5.63. The maximum absolute atomic E-state index is 9.93. The lowest BCUT2D eigenvalue weighted by molar-refractivity contribution is 0.0137. The highest BCUT2D eigenvalue weighted by Gasteiger charge is 2.24. The molecule has 0 spiro atoms. The Hall–Kier alpha value is -0.160. The summed E-state index contributed by atoms with van der Waals surface area (Å²) in [6.07, 6.45) is 0. The molecule has 2 atom stereocenters. The number of nitrogens with zero attached hydrogens (tertiary/aromatic N) is 2. The zero-order valence-electron chi connectivity index (χ0n) is 10.8. The van der Waals surface area contributed by atoms with Crippen LogP contribution in [-0.2, 0) is 0 Å². The standard InChI is InChI=1S/C11H27N3O/c1-6-14(9-11(3,15)8-12)10(2)7-13(4)5/h10,15H,6-9,12H2,1-5H3. The van der Waals surface area contributed by atoms with Gasteiger partial charge in [-0.05, 0) is 34.5 Å². The summed E-state index contributed by atoms with van der Waals surface area (Å²) in [7, 11) is 4.12. The molecule has 3 N–H and O–H groups in total. The molecule has 4 heteroatoms. The van der Waals surface area contributed by atoms with Crippen LogP contribution in [0.2, 0.25) is 0 Å². The quantitative estimate of drug-likeness (QED) is 0.629. The van der Waals surface area contributed by atoms with Crippen molar-refractivity contribution in [3.05, 3.63) is 0 Å². The van der Waals surface area contributed by atoms with E-state index in [-0.39, 0.29) is 0 Å². The highest BCUT2D eigenvalue weighted by molar-refractivity contribution is 4.81. The summed E-state index contributed by atoms with van der Waals surface area (Å²) in [6.45, 7) is 8.94. The summed E-state index contributed by atoms with van der Waals surface area (Å²) in [5.74, 6) is 0. The van der Waals surface area contributed by atoms with Gasteiger partial charge in [-0.3, -0.25) is 4.90 Å². The molecule has 0 bridgehead atoms. The lowest BCUT2D eigenvalue weighted by atomic mass is 10.1. The molecule has 0 aliphatic carbocycles. The third-order valence-corrected chi connectivity index (χ3v) is 2.64. The normalized spacial score (nSPS) is 18.2. The maximum atomic E-state index is 9.93. The van der Waals surface area contributed by atoms with Gasteiger partial charge in [0.25, 0.3) is 0 Å². The van der Waals surface area contributed by atoms with E-state index in [1.54, 1.807) is 6.92 Å². The summed E-state index contributed by atoms with van der Waals surface area (Å²) in [5.41, 5.74) is 4.74. The van der Waals surface area contributed by atoms with Crippen LogP contribution in [0, 0.1) is 0 Å². The van der Waals surface area contributed by atoms with E-state index in [4.69, 9.17) is 5.73 Å². The third kappa shape index (κ3) is 6.10. The molecule has 0 aliphatic heterocycles. The highest BCUT2D eigenvalue weighted by atomic mass is 16.3. The van der Waals surface area contributed by atoms with Gasteiger partial charge in [0, 0.05) is 25.7 Å². The number of nitrogens with two attached hydrogens (primary N) is 1. The molecule has 0 amide bonds. The van der Waals surface area contributed by atoms with Gasteiger partial charge in [-0.25, -0.2) is 0 Å². The lowest BCUT2D eigenvalue weighted by Gasteiger charge is -2.35. The van der Waals surface area contributed by atoms with E-state index in [2.05, 4.69) is 37.7 Å². The van der Waals surface area contributed by atoms with Crippen molar-refractivity contribution in [2.45, 2.75) is 32.4 Å². The topological polar surface area (TPSA) is 52.7 Å². The number of hydrogen-bond donors (Lipinski definition) is 2. The summed E-state index contributed by atoms with van der Waals surface area (Å²) in [5, 5.41) is 9.93. The molecule has 2 unspecified atom stereocenters. The molecule has 92 valence electrons. The van der Waals surface area contributed by atoms with Crippen LogP contribution < -0.4 is 5.73 Å². The van der Waals surface area contributed by atoms with Crippen LogP contribution in [0.3, 0.4) is 0 Å². The minimum Gasteiger partial charge on any atom is -0.388 e. The Morgan fingerprint density at radius 1 is 1.40 bits per heavy atom. The molecular formula is C11H27N3O. The first kappa shape index (κ1) is 14.8. The Morgan fingerprint density at radius 2 is 1.93 bits per heavy atom. The van der Waals surface area contributed by atoms with Gasteiger partial charge in [-0.15, -0.1) is 0 Å². The Morgan fingerprint density at radius 3 is 2.27 bits per heavy atom. The van der Waals surface area contributed by atoms with Gasteiger partial charge in [0.2, 0.25) is 0 Å². The van der Waals surface area contributed by atoms with E-state index >= 15 is 0 Å². The first-order chi connectivity index (χ1) is 6.82. The zero-order chi connectivity index (χ0) is 12.1. The summed E-state index contributed by atoms with van der Waals surface area (Å²) in [6, 6.07) is 0.433. The minimum atomic E-state index is -0.781. The Bertz CT molecular complexity index is 171. The fourth-order valence-corrected chi connectivity index (χ4v) is 1.73. The van der Waals surface area contributed by atoms with Crippen molar-refractivity contribution in [1.82, 2.24) is 9.80 Å². The molecule has 0 aromatic rings. The van der Waals surface area contributed by atoms with Crippen molar-refractivity contribution in [2.24, 2.45) is 5.73 Å². The molecule has 0 radical (unpaired) electrons. The largest absolute Gasteiger partial charge is 0.388 e. The first-order valence-electron chi connectivity index (χ1n) is 5.63. The van der Waals surface area contributed by atoms with Crippen LogP contribution in [0.4, 0.5) is 0 Å². The molecule has 0 aromatic heterocycles. The van der Waals surface area contributed by atoms with Crippen molar-refractivity contribution in [2.75, 3.05) is 40.3 Å². The second-order valence-corrected chi connectivity index (χ2v) is 4.88. The van der Waals surface area contributed by atoms with Gasteiger partial charge in [-0.2, -0.15) is 0 Å². The van der Waals surface area contributed by atoms with Crippen LogP contribution in [0.25, 0.3) is 0 Å². The predicted octanol–water partition coefficient (Wildman–Crippen LogP) is -0.0319. The molecule has 0 heterocycles. The predicted molar refractivity (Wildman–Crippen MR) is 64.9 cm³/mol. The number of likely N-dealkylation sites (N-methyl/N-ethyl adjacent to an activating group) is 2. The van der Waals surface area contributed by atoms with Crippen LogP contribution >= 0.6 is 0 Å². The van der Waals surface area contributed by atoms with E-state index in [0.717, 1.165) is 13.1 Å². The smallest absolute Gasteiger partial charge is 0.0867 e. The SMILES string of the molecule is CCN(CC(C)(O)CN)C(C)CN(C)C. The number of rotatable bonds is 7. The maximum Gasteiger partial charge on any atom is 0.0867 e. The molecule has 0 aliphatic rings. The summed E-state index contributed by atoms with van der Waals surface area (Å²) in [4.78, 5) is 4.41. The van der Waals surface area contributed by atoms with Gasteiger partial charge < -0.3 is 15.7 Å². The second kappa shape index (κ2) is 6.43. The van der Waals surface area contributed by atoms with E-state index in [0.29, 0.717) is 19.1 Å². The van der Waals surface area contributed by atoms with Crippen LogP contribution in [0.1, 0.15) is 20.8 Å². The molecule has 0 saturated heterocycles. The van der Waals surface area contributed by atoms with E-state index < -0.39 is 5.60 Å². The van der Waals surface area contributed by atoms with Crippen molar-refractivity contribution in [3.8, 4) is 0 Å². The Balaban J connectivity index is 4.23. The van der Waals surface area contributed by atoms with Gasteiger partial charge in [0.15, 0.2) is 0 Å². The number of hydrogen-bond acceptors (Lipinski definition) is 4. The molecule has 0 aromatic carbocycles. The monoisotopic (exact) mass is 217 g/mol. The van der Waals surface area contributed by atoms with Crippen molar-refractivity contribution in [1.29, 1.82) is 0 Å². The van der Waals surface area contributed by atoms with Crippen molar-refractivity contribution in [3.63, 3.8) is 0 Å². The van der Waals surface area contributed by atoms with Gasteiger partial charge >= 0.3 is 0 Å². The molecule has 0 rings (SSSR count). The second-order valence-electron chi connectivity index (χ2n) is 4.88. The molecule has 0 fully saturated rings. The lowest BCUT2D eigenvalue weighted by Crippen LogP contribution is -2.50.